The SMILES string of the molecule is COc1cc(C=CC(=O)N2CCN(Cc3ccc(CCOc4ccc(F)cc4)cc3)CC2)ccc1Oc1ccc(OCc2ccccc2Cl)cn1. The van der Waals surface area contributed by atoms with E-state index in [0.717, 1.165) is 37.2 Å². The number of pyridine rings is 1. The molecule has 1 amide bonds. The Morgan fingerprint density at radius 1 is 0.843 bits per heavy atom. The second-order valence-corrected chi connectivity index (χ2v) is 12.4. The molecule has 0 bridgehead atoms. The van der Waals surface area contributed by atoms with Gasteiger partial charge in [0.15, 0.2) is 11.5 Å². The summed E-state index contributed by atoms with van der Waals surface area (Å²) >= 11 is 6.21. The van der Waals surface area contributed by atoms with Crippen molar-refractivity contribution in [2.75, 3.05) is 39.9 Å². The third kappa shape index (κ3) is 10.3. The molecule has 0 atom stereocenters. The molecule has 1 aliphatic rings. The van der Waals surface area contributed by atoms with Crippen LogP contribution in [0.2, 0.25) is 5.02 Å². The van der Waals surface area contributed by atoms with E-state index >= 15 is 0 Å². The number of amides is 1. The number of carbonyl (C=O) groups is 1. The van der Waals surface area contributed by atoms with E-state index in [1.807, 2.05) is 41.3 Å². The van der Waals surface area contributed by atoms with Gasteiger partial charge in [0, 0.05) is 61.9 Å². The average Bonchev–Trinajstić information content (AvgIpc) is 3.16. The number of ether oxygens (including phenoxy) is 4. The van der Waals surface area contributed by atoms with Gasteiger partial charge in [-0.05, 0) is 71.3 Å². The first-order chi connectivity index (χ1) is 24.9. The number of halogens is 2. The molecule has 262 valence electrons. The Balaban J connectivity index is 0.931. The molecule has 0 N–H and O–H groups in total. The molecule has 0 radical (unpaired) electrons. The zero-order chi connectivity index (χ0) is 35.4. The fourth-order valence-electron chi connectivity index (χ4n) is 5.56. The molecular weight excluding hydrogens is 669 g/mol. The van der Waals surface area contributed by atoms with Crippen molar-refractivity contribution in [3.05, 3.63) is 148 Å². The highest BCUT2D eigenvalue weighted by atomic mass is 35.5. The van der Waals surface area contributed by atoms with Crippen molar-refractivity contribution in [1.29, 1.82) is 0 Å². The lowest BCUT2D eigenvalue weighted by Crippen LogP contribution is -2.47. The highest BCUT2D eigenvalue weighted by Crippen LogP contribution is 2.32. The number of hydrogen-bond acceptors (Lipinski definition) is 7. The van der Waals surface area contributed by atoms with Crippen molar-refractivity contribution < 1.29 is 28.1 Å². The number of benzene rings is 4. The Morgan fingerprint density at radius 2 is 1.59 bits per heavy atom. The Morgan fingerprint density at radius 3 is 2.31 bits per heavy atom. The van der Waals surface area contributed by atoms with Gasteiger partial charge in [-0.25, -0.2) is 9.37 Å². The Labute approximate surface area is 302 Å². The monoisotopic (exact) mass is 707 g/mol. The number of piperazine rings is 1. The molecule has 51 heavy (non-hydrogen) atoms. The second-order valence-electron chi connectivity index (χ2n) is 12.0. The fourth-order valence-corrected chi connectivity index (χ4v) is 5.75. The molecule has 1 aliphatic heterocycles. The number of nitrogens with zero attached hydrogens (tertiary/aromatic N) is 3. The number of methoxy groups -OCH3 is 1. The van der Waals surface area contributed by atoms with E-state index in [1.165, 1.54) is 23.3 Å². The molecule has 10 heteroatoms. The summed E-state index contributed by atoms with van der Waals surface area (Å²) in [6, 6.07) is 31.1. The van der Waals surface area contributed by atoms with Crippen LogP contribution in [0, 0.1) is 5.82 Å². The summed E-state index contributed by atoms with van der Waals surface area (Å²) in [5.41, 5.74) is 4.11. The van der Waals surface area contributed by atoms with Crippen LogP contribution in [0.15, 0.2) is 115 Å². The summed E-state index contributed by atoms with van der Waals surface area (Å²) in [6.45, 7) is 4.61. The number of aromatic nitrogens is 1. The molecule has 0 saturated carbocycles. The van der Waals surface area contributed by atoms with Gasteiger partial charge < -0.3 is 23.8 Å². The predicted molar refractivity (Wildman–Crippen MR) is 196 cm³/mol. The first-order valence-corrected chi connectivity index (χ1v) is 17.1. The minimum atomic E-state index is -0.273. The molecule has 1 fully saturated rings. The Hall–Kier alpha value is -5.38. The minimum absolute atomic E-state index is 0.0257. The van der Waals surface area contributed by atoms with Crippen LogP contribution in [0.4, 0.5) is 4.39 Å². The van der Waals surface area contributed by atoms with Gasteiger partial charge in [-0.2, -0.15) is 0 Å². The maximum Gasteiger partial charge on any atom is 0.246 e. The Kier molecular flexibility index (Phi) is 12.2. The highest BCUT2D eigenvalue weighted by Gasteiger charge is 2.20. The van der Waals surface area contributed by atoms with Gasteiger partial charge in [-0.1, -0.05) is 60.1 Å². The number of rotatable bonds is 14. The van der Waals surface area contributed by atoms with E-state index in [2.05, 4.69) is 34.1 Å². The normalized spacial score (nSPS) is 13.3. The van der Waals surface area contributed by atoms with Crippen LogP contribution in [-0.4, -0.2) is 60.6 Å². The van der Waals surface area contributed by atoms with Gasteiger partial charge in [0.05, 0.1) is 19.9 Å². The third-order valence-electron chi connectivity index (χ3n) is 8.47. The lowest BCUT2D eigenvalue weighted by molar-refractivity contribution is -0.127. The van der Waals surface area contributed by atoms with Gasteiger partial charge in [0.1, 0.15) is 23.9 Å². The summed E-state index contributed by atoms with van der Waals surface area (Å²) in [7, 11) is 1.57. The molecule has 0 aliphatic carbocycles. The van der Waals surface area contributed by atoms with Crippen molar-refractivity contribution >= 4 is 23.6 Å². The smallest absolute Gasteiger partial charge is 0.246 e. The number of carbonyl (C=O) groups excluding carboxylic acids is 1. The van der Waals surface area contributed by atoms with Crippen LogP contribution >= 0.6 is 11.6 Å². The van der Waals surface area contributed by atoms with Crippen LogP contribution in [0.25, 0.3) is 6.08 Å². The summed E-state index contributed by atoms with van der Waals surface area (Å²) in [5, 5.41) is 0.651. The first kappa shape index (κ1) is 35.4. The van der Waals surface area contributed by atoms with E-state index in [-0.39, 0.29) is 11.7 Å². The molecule has 1 saturated heterocycles. The third-order valence-corrected chi connectivity index (χ3v) is 8.84. The molecule has 1 aromatic heterocycles. The maximum atomic E-state index is 13.1. The average molecular weight is 708 g/mol. The fraction of sp³-hybridized carbons (Fsp3) is 0.220. The zero-order valence-corrected chi connectivity index (χ0v) is 29.1. The number of hydrogen-bond donors (Lipinski definition) is 0. The summed E-state index contributed by atoms with van der Waals surface area (Å²) in [4.78, 5) is 21.6. The summed E-state index contributed by atoms with van der Waals surface area (Å²) in [5.74, 6) is 2.36. The zero-order valence-electron chi connectivity index (χ0n) is 28.3. The van der Waals surface area contributed by atoms with E-state index in [1.54, 1.807) is 55.8 Å². The summed E-state index contributed by atoms with van der Waals surface area (Å²) in [6.07, 6.45) is 5.76. The lowest BCUT2D eigenvalue weighted by Gasteiger charge is -2.34. The van der Waals surface area contributed by atoms with Crippen LogP contribution in [0.3, 0.4) is 0 Å². The van der Waals surface area contributed by atoms with Gasteiger partial charge in [-0.3, -0.25) is 9.69 Å². The van der Waals surface area contributed by atoms with E-state index in [4.69, 9.17) is 30.5 Å². The topological polar surface area (TPSA) is 73.4 Å². The quantitative estimate of drug-likeness (QED) is 0.108. The largest absolute Gasteiger partial charge is 0.493 e. The van der Waals surface area contributed by atoms with Crippen LogP contribution < -0.4 is 18.9 Å². The molecule has 0 unspecified atom stereocenters. The molecule has 5 aromatic rings. The molecule has 4 aromatic carbocycles. The van der Waals surface area contributed by atoms with E-state index in [0.29, 0.717) is 60.2 Å². The predicted octanol–water partition coefficient (Wildman–Crippen LogP) is 8.23. The molecule has 6 rings (SSSR count). The van der Waals surface area contributed by atoms with Crippen molar-refractivity contribution in [3.8, 4) is 28.9 Å². The molecular formula is C41H39ClFN3O5. The lowest BCUT2D eigenvalue weighted by atomic mass is 10.1. The molecule has 8 nitrogen and oxygen atoms in total. The van der Waals surface area contributed by atoms with Crippen LogP contribution in [-0.2, 0) is 24.4 Å². The van der Waals surface area contributed by atoms with E-state index in [9.17, 15) is 9.18 Å². The highest BCUT2D eigenvalue weighted by molar-refractivity contribution is 6.31. The van der Waals surface area contributed by atoms with Gasteiger partial charge in [0.2, 0.25) is 11.8 Å². The van der Waals surface area contributed by atoms with Crippen molar-refractivity contribution in [2.24, 2.45) is 0 Å². The van der Waals surface area contributed by atoms with Gasteiger partial charge in [-0.15, -0.1) is 0 Å². The minimum Gasteiger partial charge on any atom is -0.493 e. The van der Waals surface area contributed by atoms with Gasteiger partial charge >= 0.3 is 0 Å². The van der Waals surface area contributed by atoms with Crippen molar-refractivity contribution in [3.63, 3.8) is 0 Å². The Bertz CT molecular complexity index is 1910. The van der Waals surface area contributed by atoms with E-state index < -0.39 is 0 Å². The summed E-state index contributed by atoms with van der Waals surface area (Å²) < 4.78 is 36.1. The van der Waals surface area contributed by atoms with Crippen LogP contribution in [0.1, 0.15) is 22.3 Å². The molecule has 0 spiro atoms. The van der Waals surface area contributed by atoms with Gasteiger partial charge in [0.25, 0.3) is 0 Å². The first-order valence-electron chi connectivity index (χ1n) is 16.8. The van der Waals surface area contributed by atoms with Crippen molar-refractivity contribution in [2.45, 2.75) is 19.6 Å². The van der Waals surface area contributed by atoms with Crippen LogP contribution in [0.5, 0.6) is 28.9 Å². The van der Waals surface area contributed by atoms with Crippen molar-refractivity contribution in [1.82, 2.24) is 14.8 Å². The maximum absolute atomic E-state index is 13.1. The molecule has 2 heterocycles. The standard InChI is InChI=1S/C41H39ClFN3O5/c1-48-39-26-31(10-17-38(39)51-40-18-16-36(27-44-40)50-29-33-4-2-3-5-37(33)42)11-19-41(47)46-23-21-45(22-24-46)28-32-8-6-30(7-9-32)20-25-49-35-14-12-34(43)13-15-35/h2-19,26-27H,20-25,28-29H2,1H3. The second kappa shape index (κ2) is 17.5.